The smallest absolute Gasteiger partial charge is 0.322 e. The molecule has 1 N–H and O–H groups in total. The van der Waals surface area contributed by atoms with E-state index in [-0.39, 0.29) is 0 Å². The molecule has 6 heteroatoms. The average Bonchev–Trinajstić information content (AvgIpc) is 1.21. The third-order valence-electron chi connectivity index (χ3n) is 0.266. The fourth-order valence-corrected chi connectivity index (χ4v) is 1.92. The van der Waals surface area contributed by atoms with Crippen LogP contribution in [0, 0.1) is 0 Å². The quantitative estimate of drug-likeness (QED) is 0.611. The summed E-state index contributed by atoms with van der Waals surface area (Å²) in [4.78, 5) is 8.34. The van der Waals surface area contributed by atoms with Gasteiger partial charge in [0, 0.05) is 6.66 Å². The Kier molecular flexibility index (Phi) is 2.78. The topological polar surface area (TPSA) is 63.6 Å². The minimum atomic E-state index is -3.51. The Hall–Kier alpha value is 0.250. The summed E-state index contributed by atoms with van der Waals surface area (Å²) in [6.45, 7) is 2.21. The Morgan fingerprint density at radius 2 is 2.12 bits per heavy atom. The maximum atomic E-state index is 10.2. The zero-order valence-electron chi connectivity index (χ0n) is 4.57. The highest BCUT2D eigenvalue weighted by Gasteiger charge is 2.22. The Balaban J connectivity index is 3.74. The van der Waals surface area contributed by atoms with E-state index in [1.54, 1.807) is 0 Å². The highest BCUT2D eigenvalue weighted by atomic mass is 31.2. The van der Waals surface area contributed by atoms with Crippen molar-refractivity contribution in [3.8, 4) is 0 Å². The van der Waals surface area contributed by atoms with Crippen molar-refractivity contribution >= 4 is 15.6 Å². The molecule has 0 aromatic heterocycles. The van der Waals surface area contributed by atoms with Gasteiger partial charge in [-0.2, -0.15) is 0 Å². The van der Waals surface area contributed by atoms with Crippen molar-refractivity contribution in [2.75, 3.05) is 13.3 Å². The lowest BCUT2D eigenvalue weighted by Crippen LogP contribution is -1.73. The van der Waals surface area contributed by atoms with Crippen molar-refractivity contribution in [1.82, 2.24) is 0 Å². The zero-order valence-corrected chi connectivity index (χ0v) is 6.36. The van der Waals surface area contributed by atoms with Gasteiger partial charge in [0.25, 0.3) is 0 Å². The molecule has 0 saturated heterocycles. The predicted octanol–water partition coefficient (Wildman–Crippen LogP) is 1.19. The summed E-state index contributed by atoms with van der Waals surface area (Å²) in [5.41, 5.74) is 0. The van der Waals surface area contributed by atoms with Crippen LogP contribution in [0.1, 0.15) is 0 Å². The maximum Gasteiger partial charge on any atom is 0.513 e. The first-order chi connectivity index (χ1) is 3.42. The van der Waals surface area contributed by atoms with Crippen LogP contribution in [-0.2, 0) is 13.4 Å². The van der Waals surface area contributed by atoms with Crippen LogP contribution in [-0.4, -0.2) is 18.2 Å². The van der Waals surface area contributed by atoms with Gasteiger partial charge in [-0.3, -0.25) is 4.57 Å². The standard InChI is InChI=1S/C2H6O4P2/c1-7(3)6-8(2,4)5/h1-2H3/p+1. The Bertz CT molecular complexity index is 135. The van der Waals surface area contributed by atoms with E-state index in [0.29, 0.717) is 0 Å². The highest BCUT2D eigenvalue weighted by molar-refractivity contribution is 7.60. The van der Waals surface area contributed by atoms with E-state index in [2.05, 4.69) is 4.31 Å². The van der Waals surface area contributed by atoms with Crippen molar-refractivity contribution in [1.29, 1.82) is 0 Å². The second kappa shape index (κ2) is 2.70. The van der Waals surface area contributed by atoms with Gasteiger partial charge >= 0.3 is 15.6 Å². The Morgan fingerprint density at radius 3 is 2.12 bits per heavy atom. The lowest BCUT2D eigenvalue weighted by atomic mass is 12.0. The monoisotopic (exact) mass is 157 g/mol. The van der Waals surface area contributed by atoms with E-state index in [9.17, 15) is 9.13 Å². The highest BCUT2D eigenvalue weighted by Crippen LogP contribution is 2.45. The van der Waals surface area contributed by atoms with Crippen molar-refractivity contribution < 1.29 is 18.3 Å². The van der Waals surface area contributed by atoms with Gasteiger partial charge in [0.15, 0.2) is 6.66 Å². The molecule has 0 radical (unpaired) electrons. The van der Waals surface area contributed by atoms with E-state index in [4.69, 9.17) is 4.89 Å². The van der Waals surface area contributed by atoms with Gasteiger partial charge in [-0.05, 0) is 4.57 Å². The lowest BCUT2D eigenvalue weighted by molar-refractivity contribution is 0.392. The first-order valence-corrected chi connectivity index (χ1v) is 5.47. The minimum Gasteiger partial charge on any atom is -0.322 e. The van der Waals surface area contributed by atoms with Crippen LogP contribution in [0.25, 0.3) is 0 Å². The number of hydrogen-bond donors (Lipinski definition) is 1. The molecule has 0 aromatic carbocycles. The van der Waals surface area contributed by atoms with Crippen molar-refractivity contribution in [2.45, 2.75) is 0 Å². The van der Waals surface area contributed by atoms with Gasteiger partial charge in [-0.1, -0.05) is 4.31 Å². The summed E-state index contributed by atoms with van der Waals surface area (Å²) >= 11 is 0. The molecule has 0 fully saturated rings. The van der Waals surface area contributed by atoms with Crippen LogP contribution in [0.2, 0.25) is 0 Å². The molecule has 8 heavy (non-hydrogen) atoms. The SMILES string of the molecule is C[P+](=O)OP(C)(=O)O. The summed E-state index contributed by atoms with van der Waals surface area (Å²) in [5, 5.41) is 0. The molecule has 0 bridgehead atoms. The van der Waals surface area contributed by atoms with Crippen LogP contribution >= 0.6 is 15.6 Å². The summed E-state index contributed by atoms with van der Waals surface area (Å²) < 4.78 is 24.3. The van der Waals surface area contributed by atoms with Gasteiger partial charge in [0.1, 0.15) is 0 Å². The second-order valence-electron chi connectivity index (χ2n) is 1.32. The first kappa shape index (κ1) is 8.25. The lowest BCUT2D eigenvalue weighted by Gasteiger charge is -1.89. The molecule has 4 nitrogen and oxygen atoms in total. The van der Waals surface area contributed by atoms with Gasteiger partial charge in [-0.25, -0.2) is 0 Å². The van der Waals surface area contributed by atoms with Crippen molar-refractivity contribution in [3.63, 3.8) is 0 Å². The fraction of sp³-hybridized carbons (Fsp3) is 1.00. The molecule has 0 saturated carbocycles. The largest absolute Gasteiger partial charge is 0.513 e. The van der Waals surface area contributed by atoms with Crippen LogP contribution in [0.5, 0.6) is 0 Å². The maximum absolute atomic E-state index is 10.2. The van der Waals surface area contributed by atoms with E-state index < -0.39 is 15.6 Å². The number of rotatable bonds is 2. The first-order valence-electron chi connectivity index (χ1n) is 1.82. The van der Waals surface area contributed by atoms with E-state index >= 15 is 0 Å². The van der Waals surface area contributed by atoms with Gasteiger partial charge in [0.05, 0.1) is 0 Å². The molecule has 0 aliphatic heterocycles. The third-order valence-corrected chi connectivity index (χ3v) is 2.40. The minimum absolute atomic E-state index is 0.990. The normalized spacial score (nSPS) is 19.6. The molecule has 48 valence electrons. The average molecular weight is 157 g/mol. The molecular weight excluding hydrogens is 150 g/mol. The molecule has 2 unspecified atom stereocenters. The molecule has 0 spiro atoms. The Morgan fingerprint density at radius 1 is 1.75 bits per heavy atom. The summed E-state index contributed by atoms with van der Waals surface area (Å²) in [5.74, 6) is 0. The number of hydrogen-bond acceptors (Lipinski definition) is 3. The molecule has 0 aromatic rings. The Labute approximate surface area is 48.3 Å². The predicted molar refractivity (Wildman–Crippen MR) is 30.4 cm³/mol. The van der Waals surface area contributed by atoms with E-state index in [1.807, 2.05) is 0 Å². The fourth-order valence-electron chi connectivity index (χ4n) is 0.213. The van der Waals surface area contributed by atoms with Crippen LogP contribution in [0.3, 0.4) is 0 Å². The third kappa shape index (κ3) is 6.25. The molecular formula is C2H7O4P2+. The van der Waals surface area contributed by atoms with E-state index in [0.717, 1.165) is 6.66 Å². The van der Waals surface area contributed by atoms with Crippen LogP contribution < -0.4 is 0 Å². The molecule has 0 heterocycles. The zero-order chi connectivity index (χ0) is 6.78. The molecule has 0 aliphatic carbocycles. The van der Waals surface area contributed by atoms with Gasteiger partial charge in [0.2, 0.25) is 0 Å². The van der Waals surface area contributed by atoms with Crippen LogP contribution in [0.15, 0.2) is 0 Å². The summed E-state index contributed by atoms with van der Waals surface area (Å²) in [7, 11) is -5.46. The molecule has 0 amide bonds. The summed E-state index contributed by atoms with van der Waals surface area (Å²) in [6.07, 6.45) is 0. The molecule has 0 rings (SSSR count). The van der Waals surface area contributed by atoms with Crippen molar-refractivity contribution in [3.05, 3.63) is 0 Å². The molecule has 0 aliphatic rings. The van der Waals surface area contributed by atoms with Gasteiger partial charge in [-0.15, -0.1) is 0 Å². The van der Waals surface area contributed by atoms with Crippen molar-refractivity contribution in [2.24, 2.45) is 0 Å². The molecule has 2 atom stereocenters. The van der Waals surface area contributed by atoms with Gasteiger partial charge < -0.3 is 4.89 Å². The summed E-state index contributed by atoms with van der Waals surface area (Å²) in [6, 6.07) is 0. The second-order valence-corrected chi connectivity index (χ2v) is 4.46. The van der Waals surface area contributed by atoms with E-state index in [1.165, 1.54) is 6.66 Å². The van der Waals surface area contributed by atoms with Crippen LogP contribution in [0.4, 0.5) is 0 Å².